The molecule has 0 aliphatic carbocycles. The van der Waals surface area contributed by atoms with Crippen molar-refractivity contribution >= 4 is 24.7 Å². The monoisotopic (exact) mass is 510 g/mol. The van der Waals surface area contributed by atoms with Crippen LogP contribution >= 0.6 is 7.82 Å². The molecule has 2 aromatic heterocycles. The van der Waals surface area contributed by atoms with Gasteiger partial charge in [0, 0.05) is 24.1 Å². The van der Waals surface area contributed by atoms with E-state index in [9.17, 15) is 18.5 Å². The summed E-state index contributed by atoms with van der Waals surface area (Å²) in [5, 5.41) is 11.9. The van der Waals surface area contributed by atoms with Gasteiger partial charge in [0.25, 0.3) is 0 Å². The number of ether oxygens (including phenoxy) is 1. The zero-order chi connectivity index (χ0) is 25.0. The number of phosphoric ester groups is 1. The first-order valence-electron chi connectivity index (χ1n) is 11.1. The molecule has 2 aliphatic rings. The van der Waals surface area contributed by atoms with Gasteiger partial charge in [-0.3, -0.25) is 13.6 Å². The predicted octanol–water partition coefficient (Wildman–Crippen LogP) is 3.88. The zero-order valence-corrected chi connectivity index (χ0v) is 19.9. The molecule has 2 saturated heterocycles. The minimum atomic E-state index is -4.11. The molecule has 0 spiro atoms. The first kappa shape index (κ1) is 24.2. The van der Waals surface area contributed by atoms with Crippen molar-refractivity contribution in [2.75, 3.05) is 18.9 Å². The average Bonchev–Trinajstić information content (AvgIpc) is 3.34. The maximum Gasteiger partial charge on any atom is 0.475 e. The Morgan fingerprint density at radius 1 is 1.34 bits per heavy atom. The summed E-state index contributed by atoms with van der Waals surface area (Å²) in [7, 11) is -4.11. The van der Waals surface area contributed by atoms with E-state index in [1.807, 2.05) is 0 Å². The Hall–Kier alpha value is -2.47. The van der Waals surface area contributed by atoms with E-state index < -0.39 is 49.4 Å². The molecule has 2 fully saturated rings. The number of aliphatic hydroxyl groups is 1. The van der Waals surface area contributed by atoms with E-state index >= 15 is 0 Å². The molecule has 0 radical (unpaired) electrons. The molecule has 188 valence electrons. The van der Waals surface area contributed by atoms with Gasteiger partial charge < -0.3 is 20.1 Å². The van der Waals surface area contributed by atoms with Crippen LogP contribution in [0.5, 0.6) is 0 Å². The second-order valence-electron chi connectivity index (χ2n) is 8.89. The third-order valence-corrected chi connectivity index (χ3v) is 8.14. The highest BCUT2D eigenvalue weighted by Gasteiger charge is 2.52. The molecule has 10 nitrogen and oxygen atoms in total. The number of hydrogen-bond acceptors (Lipinski definition) is 9. The van der Waals surface area contributed by atoms with E-state index in [1.54, 1.807) is 30.7 Å². The quantitative estimate of drug-likeness (QED) is 0.491. The van der Waals surface area contributed by atoms with Crippen LogP contribution in [0.1, 0.15) is 38.2 Å². The molecule has 1 aromatic carbocycles. The van der Waals surface area contributed by atoms with Crippen molar-refractivity contribution in [1.29, 1.82) is 0 Å². The van der Waals surface area contributed by atoms with Crippen molar-refractivity contribution in [3.63, 3.8) is 0 Å². The van der Waals surface area contributed by atoms with Crippen LogP contribution in [-0.2, 0) is 22.9 Å². The molecule has 2 aliphatic heterocycles. The highest BCUT2D eigenvalue weighted by molar-refractivity contribution is 7.48. The summed E-state index contributed by atoms with van der Waals surface area (Å²) in [6, 6.07) is 4.70. The maximum atomic E-state index is 14.2. The van der Waals surface area contributed by atoms with Gasteiger partial charge in [-0.2, -0.15) is 0 Å². The van der Waals surface area contributed by atoms with Gasteiger partial charge in [0.1, 0.15) is 35.0 Å². The molecular weight excluding hydrogens is 485 g/mol. The Bertz CT molecular complexity index is 1300. The van der Waals surface area contributed by atoms with Gasteiger partial charge in [-0.1, -0.05) is 6.92 Å². The number of halogens is 2. The Balaban J connectivity index is 1.32. The van der Waals surface area contributed by atoms with Gasteiger partial charge >= 0.3 is 7.82 Å². The van der Waals surface area contributed by atoms with Gasteiger partial charge in [0.2, 0.25) is 0 Å². The Kier molecular flexibility index (Phi) is 6.15. The third-order valence-electron chi connectivity index (χ3n) is 6.66. The number of phosphoric acid groups is 1. The first-order chi connectivity index (χ1) is 16.6. The molecule has 3 N–H and O–H groups in total. The van der Waals surface area contributed by atoms with E-state index in [4.69, 9.17) is 24.0 Å². The van der Waals surface area contributed by atoms with Crippen LogP contribution in [0.2, 0.25) is 0 Å². The summed E-state index contributed by atoms with van der Waals surface area (Å²) < 4.78 is 64.9. The normalized spacial score (nSPS) is 33.4. The van der Waals surface area contributed by atoms with Gasteiger partial charge in [-0.15, -0.1) is 0 Å². The molecule has 4 heterocycles. The van der Waals surface area contributed by atoms with E-state index in [1.165, 1.54) is 6.33 Å². The molecule has 3 aromatic rings. The molecule has 35 heavy (non-hydrogen) atoms. The number of aromatic nitrogens is 3. The molecular formula is C22H25F2N4O6P. The number of fused-ring (bicyclic) bond motifs is 1. The Morgan fingerprint density at radius 3 is 2.94 bits per heavy atom. The van der Waals surface area contributed by atoms with Crippen LogP contribution in [0, 0.1) is 17.6 Å². The summed E-state index contributed by atoms with van der Waals surface area (Å²) in [6.45, 7) is 3.12. The second-order valence-corrected chi connectivity index (χ2v) is 10.5. The van der Waals surface area contributed by atoms with Crippen molar-refractivity contribution in [3.05, 3.63) is 54.0 Å². The summed E-state index contributed by atoms with van der Waals surface area (Å²) in [4.78, 5) is 8.22. The van der Waals surface area contributed by atoms with Crippen LogP contribution in [0.15, 0.2) is 36.8 Å². The topological polar surface area (TPSA) is 131 Å². The summed E-state index contributed by atoms with van der Waals surface area (Å²) in [6.07, 6.45) is 0.644. The maximum absolute atomic E-state index is 14.2. The van der Waals surface area contributed by atoms with Crippen LogP contribution in [0.3, 0.4) is 0 Å². The predicted molar refractivity (Wildman–Crippen MR) is 120 cm³/mol. The fourth-order valence-electron chi connectivity index (χ4n) is 4.45. The molecule has 0 saturated carbocycles. The van der Waals surface area contributed by atoms with Crippen molar-refractivity contribution in [2.45, 2.75) is 44.3 Å². The number of nitrogens with zero attached hydrogens (tertiary/aromatic N) is 3. The van der Waals surface area contributed by atoms with Crippen molar-refractivity contribution in [2.24, 2.45) is 5.92 Å². The van der Waals surface area contributed by atoms with Crippen LogP contribution < -0.4 is 5.73 Å². The number of benzene rings is 1. The molecule has 1 unspecified atom stereocenters. The number of rotatable bonds is 5. The summed E-state index contributed by atoms with van der Waals surface area (Å²) >= 11 is 0. The minimum Gasteiger partial charge on any atom is -0.385 e. The lowest BCUT2D eigenvalue weighted by molar-refractivity contribution is -0.0884. The molecule has 0 bridgehead atoms. The van der Waals surface area contributed by atoms with Crippen molar-refractivity contribution < 1.29 is 36.8 Å². The summed E-state index contributed by atoms with van der Waals surface area (Å²) in [5.41, 5.74) is 4.99. The largest absolute Gasteiger partial charge is 0.475 e. The fourth-order valence-corrected chi connectivity index (χ4v) is 5.83. The minimum absolute atomic E-state index is 0.0319. The number of hydrogen-bond donors (Lipinski definition) is 2. The Morgan fingerprint density at radius 2 is 2.14 bits per heavy atom. The van der Waals surface area contributed by atoms with Crippen molar-refractivity contribution in [3.8, 4) is 0 Å². The highest BCUT2D eigenvalue weighted by Crippen LogP contribution is 2.58. The van der Waals surface area contributed by atoms with Gasteiger partial charge in [0.15, 0.2) is 6.23 Å². The molecule has 5 rings (SSSR count). The zero-order valence-electron chi connectivity index (χ0n) is 19.0. The lowest BCUT2D eigenvalue weighted by Gasteiger charge is -2.30. The van der Waals surface area contributed by atoms with Crippen LogP contribution in [0.4, 0.5) is 14.6 Å². The highest BCUT2D eigenvalue weighted by atomic mass is 31.2. The van der Waals surface area contributed by atoms with E-state index in [0.29, 0.717) is 16.9 Å². The lowest BCUT2D eigenvalue weighted by Crippen LogP contribution is -2.38. The standard InChI is InChI=1S/C22H25F2N4O6P/c1-12-18(33-21(22(12,2)29)28-7-5-14-19(25)26-11-27-20(14)28)10-32-35(30)31-8-6-17(34-35)15-9-13(23)3-4-16(15)24/h3-5,7,9,11-12,17-18,21,29H,6,8,10H2,1-2H3,(H2,25,26,27)/t12-,17-,18-,21-,22-,35?/m1/s1. The van der Waals surface area contributed by atoms with Gasteiger partial charge in [-0.05, 0) is 31.2 Å². The van der Waals surface area contributed by atoms with Gasteiger partial charge in [0.05, 0.1) is 30.8 Å². The third kappa shape index (κ3) is 4.35. The molecule has 13 heteroatoms. The molecule has 6 atom stereocenters. The number of nitrogens with two attached hydrogens (primary N) is 1. The van der Waals surface area contributed by atoms with E-state index in [0.717, 1.165) is 18.2 Å². The lowest BCUT2D eigenvalue weighted by atomic mass is 9.88. The smallest absolute Gasteiger partial charge is 0.385 e. The second kappa shape index (κ2) is 8.88. The molecule has 0 amide bonds. The SMILES string of the molecule is C[C@@H]1[C@@H](COP2(=O)OCC[C@H](c3cc(F)ccc3F)O2)O[C@@H](n2ccc3c(N)ncnc32)[C@]1(C)O. The van der Waals surface area contributed by atoms with Crippen LogP contribution in [-0.4, -0.2) is 44.6 Å². The fraction of sp³-hybridized carbons (Fsp3) is 0.455. The number of nitrogen functional groups attached to an aromatic ring is 1. The number of anilines is 1. The van der Waals surface area contributed by atoms with Gasteiger partial charge in [-0.25, -0.2) is 23.3 Å². The van der Waals surface area contributed by atoms with E-state index in [-0.39, 0.29) is 25.2 Å². The Labute approximate surface area is 199 Å². The van der Waals surface area contributed by atoms with Crippen LogP contribution in [0.25, 0.3) is 11.0 Å². The summed E-state index contributed by atoms with van der Waals surface area (Å²) in [5.74, 6) is -1.48. The van der Waals surface area contributed by atoms with E-state index in [2.05, 4.69) is 9.97 Å². The van der Waals surface area contributed by atoms with Crippen molar-refractivity contribution in [1.82, 2.24) is 14.5 Å². The first-order valence-corrected chi connectivity index (χ1v) is 12.5. The average molecular weight is 510 g/mol.